The summed E-state index contributed by atoms with van der Waals surface area (Å²) in [4.78, 5) is 27.4. The van der Waals surface area contributed by atoms with Crippen LogP contribution in [0.4, 0.5) is 5.69 Å². The highest BCUT2D eigenvalue weighted by Crippen LogP contribution is 2.29. The van der Waals surface area contributed by atoms with Crippen molar-refractivity contribution in [2.24, 2.45) is 5.92 Å². The lowest BCUT2D eigenvalue weighted by Crippen LogP contribution is -2.43. The fraction of sp³-hybridized carbons (Fsp3) is 0.391. The fourth-order valence-electron chi connectivity index (χ4n) is 4.18. The highest BCUT2D eigenvalue weighted by Gasteiger charge is 2.35. The molecular weight excluding hydrogens is 416 g/mol. The largest absolute Gasteiger partial charge is 0.452 e. The van der Waals surface area contributed by atoms with E-state index < -0.39 is 28.0 Å². The van der Waals surface area contributed by atoms with Gasteiger partial charge in [-0.1, -0.05) is 36.4 Å². The van der Waals surface area contributed by atoms with Crippen LogP contribution in [0.2, 0.25) is 0 Å². The lowest BCUT2D eigenvalue weighted by Gasteiger charge is -2.31. The minimum absolute atomic E-state index is 0.234. The molecule has 31 heavy (non-hydrogen) atoms. The van der Waals surface area contributed by atoms with Gasteiger partial charge in [0, 0.05) is 25.3 Å². The van der Waals surface area contributed by atoms with Crippen LogP contribution in [0.15, 0.2) is 59.5 Å². The molecule has 1 unspecified atom stereocenters. The van der Waals surface area contributed by atoms with E-state index in [1.807, 2.05) is 24.3 Å². The number of piperidine rings is 1. The van der Waals surface area contributed by atoms with E-state index in [2.05, 4.69) is 0 Å². The maximum Gasteiger partial charge on any atom is 0.309 e. The number of benzene rings is 2. The molecule has 1 fully saturated rings. The van der Waals surface area contributed by atoms with Crippen molar-refractivity contribution in [3.8, 4) is 0 Å². The normalized spacial score (nSPS) is 18.4. The van der Waals surface area contributed by atoms with E-state index in [1.165, 1.54) is 4.31 Å². The molecule has 164 valence electrons. The van der Waals surface area contributed by atoms with Crippen LogP contribution in [0.1, 0.15) is 25.3 Å². The van der Waals surface area contributed by atoms with Gasteiger partial charge in [-0.25, -0.2) is 8.42 Å². The zero-order valence-electron chi connectivity index (χ0n) is 17.4. The molecule has 2 aromatic carbocycles. The number of hydrogen-bond acceptors (Lipinski definition) is 5. The molecular formula is C23H26N2O5S. The maximum absolute atomic E-state index is 12.8. The Morgan fingerprint density at radius 2 is 1.61 bits per heavy atom. The Kier molecular flexibility index (Phi) is 6.11. The second kappa shape index (κ2) is 8.80. The fourth-order valence-corrected chi connectivity index (χ4v) is 5.67. The van der Waals surface area contributed by atoms with E-state index in [0.717, 1.165) is 17.7 Å². The number of fused-ring (bicyclic) bond motifs is 1. The number of para-hydroxylation sites is 1. The van der Waals surface area contributed by atoms with E-state index in [0.29, 0.717) is 19.4 Å². The molecule has 0 aromatic heterocycles. The van der Waals surface area contributed by atoms with Crippen LogP contribution in [0.25, 0.3) is 0 Å². The Labute approximate surface area is 182 Å². The number of rotatable bonds is 5. The first-order valence-electron chi connectivity index (χ1n) is 10.5. The minimum Gasteiger partial charge on any atom is -0.452 e. The maximum atomic E-state index is 12.8. The zero-order chi connectivity index (χ0) is 22.0. The van der Waals surface area contributed by atoms with E-state index in [9.17, 15) is 18.0 Å². The lowest BCUT2D eigenvalue weighted by molar-refractivity contribution is -0.159. The standard InChI is InChI=1S/C23H26N2O5S/c1-17(22(26)25-16-13-18-7-5-6-10-21(18)25)30-23(27)19-11-14-24(15-12-19)31(28,29)20-8-3-2-4-9-20/h2-10,17,19H,11-16H2,1H3. The summed E-state index contributed by atoms with van der Waals surface area (Å²) in [6.07, 6.45) is 0.651. The first kappa shape index (κ1) is 21.5. The average Bonchev–Trinajstić information content (AvgIpc) is 3.23. The quantitative estimate of drug-likeness (QED) is 0.665. The topological polar surface area (TPSA) is 84.0 Å². The smallest absolute Gasteiger partial charge is 0.309 e. The monoisotopic (exact) mass is 442 g/mol. The number of hydrogen-bond donors (Lipinski definition) is 0. The van der Waals surface area contributed by atoms with E-state index in [4.69, 9.17) is 4.74 Å². The zero-order valence-corrected chi connectivity index (χ0v) is 18.3. The minimum atomic E-state index is -3.57. The van der Waals surface area contributed by atoms with Crippen LogP contribution in [0.5, 0.6) is 0 Å². The molecule has 0 aliphatic carbocycles. The summed E-state index contributed by atoms with van der Waals surface area (Å²) in [5.74, 6) is -1.09. The van der Waals surface area contributed by atoms with Crippen molar-refractivity contribution in [3.63, 3.8) is 0 Å². The van der Waals surface area contributed by atoms with E-state index in [1.54, 1.807) is 42.2 Å². The Morgan fingerprint density at radius 1 is 0.968 bits per heavy atom. The Morgan fingerprint density at radius 3 is 2.32 bits per heavy atom. The van der Waals surface area contributed by atoms with Crippen LogP contribution < -0.4 is 4.90 Å². The van der Waals surface area contributed by atoms with Gasteiger partial charge in [-0.05, 0) is 49.9 Å². The van der Waals surface area contributed by atoms with Crippen molar-refractivity contribution >= 4 is 27.6 Å². The van der Waals surface area contributed by atoms with Gasteiger partial charge in [-0.15, -0.1) is 0 Å². The molecule has 2 aromatic rings. The second-order valence-electron chi connectivity index (χ2n) is 7.94. The van der Waals surface area contributed by atoms with Gasteiger partial charge >= 0.3 is 5.97 Å². The van der Waals surface area contributed by atoms with Crippen LogP contribution >= 0.6 is 0 Å². The molecule has 2 aliphatic heterocycles. The van der Waals surface area contributed by atoms with Crippen molar-refractivity contribution in [2.75, 3.05) is 24.5 Å². The van der Waals surface area contributed by atoms with Crippen LogP contribution in [0.3, 0.4) is 0 Å². The molecule has 8 heteroatoms. The summed E-state index contributed by atoms with van der Waals surface area (Å²) in [6, 6.07) is 16.0. The molecule has 0 saturated carbocycles. The summed E-state index contributed by atoms with van der Waals surface area (Å²) < 4.78 is 32.4. The van der Waals surface area contributed by atoms with Gasteiger partial charge in [0.1, 0.15) is 0 Å². The van der Waals surface area contributed by atoms with Crippen molar-refractivity contribution in [1.82, 2.24) is 4.31 Å². The Balaban J connectivity index is 1.33. The number of carbonyl (C=O) groups is 2. The molecule has 1 atom stereocenters. The van der Waals surface area contributed by atoms with Crippen LogP contribution in [-0.4, -0.2) is 50.3 Å². The SMILES string of the molecule is CC(OC(=O)C1CCN(S(=O)(=O)c2ccccc2)CC1)C(=O)N1CCc2ccccc21. The first-order chi connectivity index (χ1) is 14.9. The van der Waals surface area contributed by atoms with Crippen molar-refractivity contribution < 1.29 is 22.7 Å². The molecule has 2 heterocycles. The molecule has 1 saturated heterocycles. The summed E-state index contributed by atoms with van der Waals surface area (Å²) >= 11 is 0. The van der Waals surface area contributed by atoms with Crippen LogP contribution in [-0.2, 0) is 30.8 Å². The molecule has 0 spiro atoms. The summed E-state index contributed by atoms with van der Waals surface area (Å²) in [6.45, 7) is 2.67. The molecule has 7 nitrogen and oxygen atoms in total. The third kappa shape index (κ3) is 4.36. The third-order valence-corrected chi connectivity index (χ3v) is 7.87. The number of sulfonamides is 1. The molecule has 0 radical (unpaired) electrons. The van der Waals surface area contributed by atoms with Gasteiger partial charge in [0.25, 0.3) is 5.91 Å². The molecule has 4 rings (SSSR count). The van der Waals surface area contributed by atoms with Gasteiger partial charge in [0.05, 0.1) is 10.8 Å². The first-order valence-corrected chi connectivity index (χ1v) is 12.0. The van der Waals surface area contributed by atoms with Crippen molar-refractivity contribution in [3.05, 3.63) is 60.2 Å². The Hall–Kier alpha value is -2.71. The lowest BCUT2D eigenvalue weighted by atomic mass is 9.98. The third-order valence-electron chi connectivity index (χ3n) is 5.96. The predicted molar refractivity (Wildman–Crippen MR) is 116 cm³/mol. The highest BCUT2D eigenvalue weighted by atomic mass is 32.2. The highest BCUT2D eigenvalue weighted by molar-refractivity contribution is 7.89. The number of ether oxygens (including phenoxy) is 1. The Bertz CT molecular complexity index is 1060. The number of carbonyl (C=O) groups excluding carboxylic acids is 2. The summed E-state index contributed by atoms with van der Waals surface area (Å²) in [5, 5.41) is 0. The molecule has 0 bridgehead atoms. The number of esters is 1. The van der Waals surface area contributed by atoms with E-state index >= 15 is 0 Å². The molecule has 0 N–H and O–H groups in total. The van der Waals surface area contributed by atoms with Gasteiger partial charge < -0.3 is 9.64 Å². The predicted octanol–water partition coefficient (Wildman–Crippen LogP) is 2.61. The number of amides is 1. The van der Waals surface area contributed by atoms with Gasteiger partial charge in [-0.2, -0.15) is 4.31 Å². The van der Waals surface area contributed by atoms with E-state index in [-0.39, 0.29) is 23.9 Å². The van der Waals surface area contributed by atoms with Crippen molar-refractivity contribution in [2.45, 2.75) is 37.2 Å². The van der Waals surface area contributed by atoms with Crippen molar-refractivity contribution in [1.29, 1.82) is 0 Å². The van der Waals surface area contributed by atoms with Gasteiger partial charge in [0.15, 0.2) is 6.10 Å². The summed E-state index contributed by atoms with van der Waals surface area (Å²) in [7, 11) is -3.57. The number of nitrogens with zero attached hydrogens (tertiary/aromatic N) is 2. The summed E-state index contributed by atoms with van der Waals surface area (Å²) in [5.41, 5.74) is 1.98. The van der Waals surface area contributed by atoms with Gasteiger partial charge in [-0.3, -0.25) is 9.59 Å². The molecule has 1 amide bonds. The van der Waals surface area contributed by atoms with Gasteiger partial charge in [0.2, 0.25) is 10.0 Å². The number of anilines is 1. The van der Waals surface area contributed by atoms with Crippen LogP contribution in [0, 0.1) is 5.92 Å². The average molecular weight is 443 g/mol. The second-order valence-corrected chi connectivity index (χ2v) is 9.88. The molecule has 2 aliphatic rings.